The number of rotatable bonds is 5. The summed E-state index contributed by atoms with van der Waals surface area (Å²) in [5.74, 6) is 2.25. The summed E-state index contributed by atoms with van der Waals surface area (Å²) in [5, 5.41) is 9.43. The highest BCUT2D eigenvalue weighted by Crippen LogP contribution is 2.48. The molecule has 0 radical (unpaired) electrons. The predicted octanol–water partition coefficient (Wildman–Crippen LogP) is 2.38. The molecule has 1 aliphatic carbocycles. The topological polar surface area (TPSA) is 37.3 Å². The number of carboxylic acids is 1. The lowest BCUT2D eigenvalue weighted by atomic mass is 9.92. The van der Waals surface area contributed by atoms with Crippen LogP contribution in [0.1, 0.15) is 32.1 Å². The van der Waals surface area contributed by atoms with Gasteiger partial charge < -0.3 is 5.11 Å². The van der Waals surface area contributed by atoms with Crippen LogP contribution in [0.25, 0.3) is 0 Å². The van der Waals surface area contributed by atoms with Gasteiger partial charge in [0.15, 0.2) is 0 Å². The van der Waals surface area contributed by atoms with Crippen molar-refractivity contribution in [3.63, 3.8) is 0 Å². The van der Waals surface area contributed by atoms with E-state index in [0.717, 1.165) is 23.5 Å². The van der Waals surface area contributed by atoms with Gasteiger partial charge in [0.25, 0.3) is 0 Å². The standard InChI is InChI=1S/C10H16O2S/c11-10(12)4-3-8(7-1-2-7)9-5-6-13-9/h7-9H,1-6H2,(H,11,12). The molecular formula is C10H16O2S. The maximum Gasteiger partial charge on any atom is 0.303 e. The Morgan fingerprint density at radius 2 is 2.15 bits per heavy atom. The first kappa shape index (κ1) is 9.38. The predicted molar refractivity (Wildman–Crippen MR) is 53.9 cm³/mol. The van der Waals surface area contributed by atoms with Crippen molar-refractivity contribution >= 4 is 17.7 Å². The van der Waals surface area contributed by atoms with Crippen LogP contribution in [0, 0.1) is 11.8 Å². The van der Waals surface area contributed by atoms with Crippen LogP contribution in [0.4, 0.5) is 0 Å². The summed E-state index contributed by atoms with van der Waals surface area (Å²) in [4.78, 5) is 10.5. The van der Waals surface area contributed by atoms with Gasteiger partial charge in [0, 0.05) is 11.7 Å². The van der Waals surface area contributed by atoms with Gasteiger partial charge in [-0.15, -0.1) is 0 Å². The fourth-order valence-electron chi connectivity index (χ4n) is 2.13. The fourth-order valence-corrected chi connectivity index (χ4v) is 3.24. The molecule has 2 nitrogen and oxygen atoms in total. The number of carboxylic acid groups (broad SMARTS) is 1. The smallest absolute Gasteiger partial charge is 0.303 e. The Morgan fingerprint density at radius 1 is 1.46 bits per heavy atom. The molecule has 1 heterocycles. The van der Waals surface area contributed by atoms with E-state index < -0.39 is 5.97 Å². The van der Waals surface area contributed by atoms with Gasteiger partial charge in [-0.25, -0.2) is 0 Å². The molecule has 13 heavy (non-hydrogen) atoms. The van der Waals surface area contributed by atoms with Gasteiger partial charge in [-0.3, -0.25) is 4.79 Å². The second-order valence-corrected chi connectivity index (χ2v) is 5.48. The molecule has 1 saturated carbocycles. The Labute approximate surface area is 83.1 Å². The first-order valence-corrected chi connectivity index (χ1v) is 6.15. The van der Waals surface area contributed by atoms with Crippen molar-refractivity contribution < 1.29 is 9.90 Å². The zero-order valence-corrected chi connectivity index (χ0v) is 8.55. The van der Waals surface area contributed by atoms with E-state index in [4.69, 9.17) is 5.11 Å². The maximum absolute atomic E-state index is 10.5. The quantitative estimate of drug-likeness (QED) is 0.740. The lowest BCUT2D eigenvalue weighted by Gasteiger charge is -2.33. The highest BCUT2D eigenvalue weighted by Gasteiger charge is 2.39. The summed E-state index contributed by atoms with van der Waals surface area (Å²) in [6, 6.07) is 0. The van der Waals surface area contributed by atoms with Crippen LogP contribution >= 0.6 is 11.8 Å². The van der Waals surface area contributed by atoms with Gasteiger partial charge in [-0.2, -0.15) is 11.8 Å². The summed E-state index contributed by atoms with van der Waals surface area (Å²) in [7, 11) is 0. The van der Waals surface area contributed by atoms with Gasteiger partial charge in [-0.1, -0.05) is 0 Å². The van der Waals surface area contributed by atoms with E-state index >= 15 is 0 Å². The van der Waals surface area contributed by atoms with Crippen LogP contribution in [-0.4, -0.2) is 22.1 Å². The molecule has 0 bridgehead atoms. The Kier molecular flexibility index (Phi) is 2.82. The first-order valence-electron chi connectivity index (χ1n) is 5.11. The molecule has 0 spiro atoms. The molecule has 2 fully saturated rings. The van der Waals surface area contributed by atoms with Crippen LogP contribution in [0.5, 0.6) is 0 Å². The number of carbonyl (C=O) groups is 1. The Balaban J connectivity index is 1.78. The van der Waals surface area contributed by atoms with Crippen LogP contribution in [0.3, 0.4) is 0 Å². The van der Waals surface area contributed by atoms with E-state index in [9.17, 15) is 4.79 Å². The van der Waals surface area contributed by atoms with Crippen molar-refractivity contribution in [3.05, 3.63) is 0 Å². The maximum atomic E-state index is 10.5. The van der Waals surface area contributed by atoms with E-state index in [-0.39, 0.29) is 0 Å². The van der Waals surface area contributed by atoms with Crippen LogP contribution in [-0.2, 0) is 4.79 Å². The summed E-state index contributed by atoms with van der Waals surface area (Å²) >= 11 is 2.04. The van der Waals surface area contributed by atoms with Crippen LogP contribution in [0.2, 0.25) is 0 Å². The van der Waals surface area contributed by atoms with Crippen molar-refractivity contribution in [1.29, 1.82) is 0 Å². The molecule has 2 aliphatic rings. The number of hydrogen-bond donors (Lipinski definition) is 1. The lowest BCUT2D eigenvalue weighted by Crippen LogP contribution is -2.28. The fraction of sp³-hybridized carbons (Fsp3) is 0.900. The van der Waals surface area contributed by atoms with Gasteiger partial charge in [0.1, 0.15) is 0 Å². The molecule has 1 aliphatic heterocycles. The second-order valence-electron chi connectivity index (χ2n) is 4.13. The minimum absolute atomic E-state index is 0.373. The molecule has 2 atom stereocenters. The summed E-state index contributed by atoms with van der Waals surface area (Å²) in [5.41, 5.74) is 0. The van der Waals surface area contributed by atoms with Crippen molar-refractivity contribution in [2.45, 2.75) is 37.4 Å². The molecule has 0 aromatic carbocycles. The molecule has 2 unspecified atom stereocenters. The third-order valence-electron chi connectivity index (χ3n) is 3.13. The van der Waals surface area contributed by atoms with Crippen LogP contribution in [0.15, 0.2) is 0 Å². The lowest BCUT2D eigenvalue weighted by molar-refractivity contribution is -0.137. The minimum atomic E-state index is -0.630. The second kappa shape index (κ2) is 3.91. The molecule has 0 aromatic heterocycles. The minimum Gasteiger partial charge on any atom is -0.481 e. The van der Waals surface area contributed by atoms with E-state index in [0.29, 0.717) is 6.42 Å². The molecule has 2 rings (SSSR count). The summed E-state index contributed by atoms with van der Waals surface area (Å²) in [6.07, 6.45) is 5.31. The third-order valence-corrected chi connectivity index (χ3v) is 4.62. The number of aliphatic carboxylic acids is 1. The SMILES string of the molecule is O=C(O)CCC(C1CC1)C1CCS1. The third kappa shape index (κ3) is 2.39. The van der Waals surface area contributed by atoms with Gasteiger partial charge >= 0.3 is 5.97 Å². The van der Waals surface area contributed by atoms with Gasteiger partial charge in [0.2, 0.25) is 0 Å². The zero-order valence-electron chi connectivity index (χ0n) is 7.74. The molecule has 1 saturated heterocycles. The molecule has 74 valence electrons. The van der Waals surface area contributed by atoms with Gasteiger partial charge in [-0.05, 0) is 43.3 Å². The monoisotopic (exact) mass is 200 g/mol. The van der Waals surface area contributed by atoms with Gasteiger partial charge in [0.05, 0.1) is 0 Å². The highest BCUT2D eigenvalue weighted by atomic mass is 32.2. The van der Waals surface area contributed by atoms with Crippen molar-refractivity contribution in [2.75, 3.05) is 5.75 Å². The van der Waals surface area contributed by atoms with E-state index in [1.54, 1.807) is 0 Å². The number of thioether (sulfide) groups is 1. The first-order chi connectivity index (χ1) is 6.27. The average Bonchev–Trinajstić information content (AvgIpc) is 2.75. The molecule has 3 heteroatoms. The highest BCUT2D eigenvalue weighted by molar-refractivity contribution is 8.01. The summed E-state index contributed by atoms with van der Waals surface area (Å²) in [6.45, 7) is 0. The zero-order chi connectivity index (χ0) is 9.26. The number of hydrogen-bond acceptors (Lipinski definition) is 2. The van der Waals surface area contributed by atoms with E-state index in [1.165, 1.54) is 25.0 Å². The van der Waals surface area contributed by atoms with Crippen molar-refractivity contribution in [2.24, 2.45) is 11.8 Å². The molecule has 1 N–H and O–H groups in total. The normalized spacial score (nSPS) is 29.4. The Hall–Kier alpha value is -0.180. The van der Waals surface area contributed by atoms with Crippen molar-refractivity contribution in [3.8, 4) is 0 Å². The Morgan fingerprint density at radius 3 is 2.54 bits per heavy atom. The molecular weight excluding hydrogens is 184 g/mol. The van der Waals surface area contributed by atoms with E-state index in [2.05, 4.69) is 0 Å². The molecule has 0 amide bonds. The van der Waals surface area contributed by atoms with Crippen LogP contribution < -0.4 is 0 Å². The molecule has 0 aromatic rings. The van der Waals surface area contributed by atoms with E-state index in [1.807, 2.05) is 11.8 Å². The largest absolute Gasteiger partial charge is 0.481 e. The van der Waals surface area contributed by atoms with Crippen molar-refractivity contribution in [1.82, 2.24) is 0 Å². The summed E-state index contributed by atoms with van der Waals surface area (Å²) < 4.78 is 0. The Bertz CT molecular complexity index is 197. The average molecular weight is 200 g/mol.